The molecule has 1 saturated heterocycles. The largest absolute Gasteiger partial charge is 0.338 e. The molecule has 1 aliphatic carbocycles. The minimum atomic E-state index is -1.69. The minimum Gasteiger partial charge on any atom is -0.338 e. The van der Waals surface area contributed by atoms with E-state index in [9.17, 15) is 4.79 Å². The van der Waals surface area contributed by atoms with Gasteiger partial charge in [0.2, 0.25) is 3.79 Å². The molecule has 0 aromatic heterocycles. The summed E-state index contributed by atoms with van der Waals surface area (Å²) in [6.45, 7) is 0. The van der Waals surface area contributed by atoms with Gasteiger partial charge in [-0.15, -0.1) is 0 Å². The van der Waals surface area contributed by atoms with Gasteiger partial charge in [-0.2, -0.15) is 0 Å². The highest BCUT2D eigenvalue weighted by atomic mass is 35.6. The number of hydrogen-bond donors (Lipinski definition) is 1. The summed E-state index contributed by atoms with van der Waals surface area (Å²) in [7, 11) is 0. The Balaban J connectivity index is 2.12. The van der Waals surface area contributed by atoms with E-state index in [-0.39, 0.29) is 5.91 Å². The number of rotatable bonds is 0. The van der Waals surface area contributed by atoms with Crippen molar-refractivity contribution in [2.45, 2.75) is 47.7 Å². The van der Waals surface area contributed by atoms with Crippen molar-refractivity contribution in [2.75, 3.05) is 0 Å². The fraction of sp³-hybridized carbons (Fsp3) is 0.889. The SMILES string of the molecule is O=C1NC2(CCCCC2)O[C@@H]1C(Cl)(Cl)Cl. The number of carbonyl (C=O) groups excluding carboxylic acids is 1. The normalized spacial score (nSPS) is 30.6. The third-order valence-electron chi connectivity index (χ3n) is 2.89. The van der Waals surface area contributed by atoms with E-state index in [1.165, 1.54) is 6.42 Å². The Bertz CT molecular complexity index is 271. The van der Waals surface area contributed by atoms with Gasteiger partial charge in [-0.3, -0.25) is 4.79 Å². The van der Waals surface area contributed by atoms with Gasteiger partial charge in [-0.05, 0) is 25.7 Å². The Morgan fingerprint density at radius 3 is 2.33 bits per heavy atom. The van der Waals surface area contributed by atoms with Crippen molar-refractivity contribution in [3.8, 4) is 0 Å². The zero-order valence-corrected chi connectivity index (χ0v) is 10.3. The maximum Gasteiger partial charge on any atom is 0.255 e. The average Bonchev–Trinajstić information content (AvgIpc) is 2.44. The Morgan fingerprint density at radius 1 is 1.27 bits per heavy atom. The zero-order valence-electron chi connectivity index (χ0n) is 8.06. The average molecular weight is 273 g/mol. The molecule has 2 rings (SSSR count). The quantitative estimate of drug-likeness (QED) is 0.688. The molecule has 1 saturated carbocycles. The van der Waals surface area contributed by atoms with Crippen LogP contribution in [0, 0.1) is 0 Å². The molecule has 2 fully saturated rings. The number of ether oxygens (including phenoxy) is 1. The minimum absolute atomic E-state index is 0.322. The molecule has 15 heavy (non-hydrogen) atoms. The van der Waals surface area contributed by atoms with Gasteiger partial charge in [-0.1, -0.05) is 41.2 Å². The van der Waals surface area contributed by atoms with E-state index in [2.05, 4.69) is 5.32 Å². The van der Waals surface area contributed by atoms with E-state index < -0.39 is 15.6 Å². The Kier molecular flexibility index (Phi) is 3.10. The fourth-order valence-electron chi connectivity index (χ4n) is 2.18. The first-order valence-electron chi connectivity index (χ1n) is 5.00. The standard InChI is InChI=1S/C9H12Cl3NO2/c10-9(11,12)6-7(14)13-8(15-6)4-2-1-3-5-8/h6H,1-5H2,(H,13,14)/t6-/m0/s1. The highest BCUT2D eigenvalue weighted by Gasteiger charge is 2.53. The van der Waals surface area contributed by atoms with Crippen molar-refractivity contribution in [3.05, 3.63) is 0 Å². The molecule has 1 spiro atoms. The van der Waals surface area contributed by atoms with Gasteiger partial charge in [0.1, 0.15) is 5.72 Å². The summed E-state index contributed by atoms with van der Waals surface area (Å²) in [5.41, 5.74) is -0.579. The highest BCUT2D eigenvalue weighted by Crippen LogP contribution is 2.41. The van der Waals surface area contributed by atoms with E-state index in [1.54, 1.807) is 0 Å². The van der Waals surface area contributed by atoms with Crippen molar-refractivity contribution in [1.29, 1.82) is 0 Å². The monoisotopic (exact) mass is 271 g/mol. The lowest BCUT2D eigenvalue weighted by Crippen LogP contribution is -2.44. The molecule has 1 heterocycles. The molecule has 0 radical (unpaired) electrons. The van der Waals surface area contributed by atoms with Crippen LogP contribution < -0.4 is 5.32 Å². The first kappa shape index (κ1) is 11.8. The molecule has 86 valence electrons. The summed E-state index contributed by atoms with van der Waals surface area (Å²) in [5.74, 6) is -0.322. The molecule has 2 aliphatic rings. The summed E-state index contributed by atoms with van der Waals surface area (Å²) in [6, 6.07) is 0. The van der Waals surface area contributed by atoms with Crippen LogP contribution in [0.3, 0.4) is 0 Å². The number of alkyl halides is 3. The summed E-state index contributed by atoms with van der Waals surface area (Å²) >= 11 is 17.0. The first-order chi connectivity index (χ1) is 6.93. The maximum atomic E-state index is 11.6. The molecule has 1 N–H and O–H groups in total. The van der Waals surface area contributed by atoms with Crippen LogP contribution in [0.1, 0.15) is 32.1 Å². The van der Waals surface area contributed by atoms with Crippen LogP contribution in [0.5, 0.6) is 0 Å². The van der Waals surface area contributed by atoms with Gasteiger partial charge in [0.05, 0.1) is 0 Å². The van der Waals surface area contributed by atoms with Gasteiger partial charge in [0.15, 0.2) is 6.10 Å². The Hall–Kier alpha value is 0.300. The Labute approximate surface area is 103 Å². The molecular formula is C9H12Cl3NO2. The third-order valence-corrected chi connectivity index (χ3v) is 3.49. The molecule has 3 nitrogen and oxygen atoms in total. The van der Waals surface area contributed by atoms with Crippen molar-refractivity contribution in [2.24, 2.45) is 0 Å². The van der Waals surface area contributed by atoms with Gasteiger partial charge in [0, 0.05) is 0 Å². The predicted molar refractivity (Wildman–Crippen MR) is 59.1 cm³/mol. The van der Waals surface area contributed by atoms with Gasteiger partial charge in [0.25, 0.3) is 5.91 Å². The van der Waals surface area contributed by atoms with Gasteiger partial charge in [-0.25, -0.2) is 0 Å². The van der Waals surface area contributed by atoms with Crippen molar-refractivity contribution >= 4 is 40.7 Å². The number of nitrogens with one attached hydrogen (secondary N) is 1. The topological polar surface area (TPSA) is 38.3 Å². The summed E-state index contributed by atoms with van der Waals surface area (Å²) in [5, 5.41) is 2.81. The van der Waals surface area contributed by atoms with Crippen molar-refractivity contribution < 1.29 is 9.53 Å². The molecular weight excluding hydrogens is 260 g/mol. The number of carbonyl (C=O) groups is 1. The van der Waals surface area contributed by atoms with Crippen LogP contribution in [0.2, 0.25) is 0 Å². The molecule has 1 atom stereocenters. The van der Waals surface area contributed by atoms with E-state index in [4.69, 9.17) is 39.5 Å². The van der Waals surface area contributed by atoms with Crippen molar-refractivity contribution in [3.63, 3.8) is 0 Å². The molecule has 6 heteroatoms. The third kappa shape index (κ3) is 2.36. The van der Waals surface area contributed by atoms with Crippen LogP contribution >= 0.6 is 34.8 Å². The first-order valence-corrected chi connectivity index (χ1v) is 6.13. The Morgan fingerprint density at radius 2 is 1.87 bits per heavy atom. The smallest absolute Gasteiger partial charge is 0.255 e. The van der Waals surface area contributed by atoms with E-state index in [0.717, 1.165) is 25.7 Å². The lowest BCUT2D eigenvalue weighted by atomic mass is 9.92. The fourth-order valence-corrected chi connectivity index (χ4v) is 2.61. The number of amides is 1. The second-order valence-corrected chi connectivity index (χ2v) is 6.45. The van der Waals surface area contributed by atoms with E-state index in [1.807, 2.05) is 0 Å². The molecule has 0 aromatic rings. The maximum absolute atomic E-state index is 11.6. The second-order valence-electron chi connectivity index (χ2n) is 4.08. The van der Waals surface area contributed by atoms with Crippen LogP contribution in [-0.4, -0.2) is 21.5 Å². The lowest BCUT2D eigenvalue weighted by Gasteiger charge is -2.32. The second kappa shape index (κ2) is 3.95. The number of hydrogen-bond acceptors (Lipinski definition) is 2. The highest BCUT2D eigenvalue weighted by molar-refractivity contribution is 6.68. The molecule has 0 bridgehead atoms. The summed E-state index contributed by atoms with van der Waals surface area (Å²) in [4.78, 5) is 11.6. The van der Waals surface area contributed by atoms with Crippen molar-refractivity contribution in [1.82, 2.24) is 5.32 Å². The molecule has 1 amide bonds. The van der Waals surface area contributed by atoms with Crippen LogP contribution in [0.15, 0.2) is 0 Å². The van der Waals surface area contributed by atoms with Crippen LogP contribution in [0.25, 0.3) is 0 Å². The number of halogens is 3. The van der Waals surface area contributed by atoms with E-state index >= 15 is 0 Å². The summed E-state index contributed by atoms with van der Waals surface area (Å²) < 4.78 is 3.92. The van der Waals surface area contributed by atoms with Gasteiger partial charge >= 0.3 is 0 Å². The van der Waals surface area contributed by atoms with Crippen LogP contribution in [-0.2, 0) is 9.53 Å². The predicted octanol–water partition coefficient (Wildman–Crippen LogP) is 2.53. The molecule has 0 unspecified atom stereocenters. The zero-order chi connectivity index (χ0) is 11.1. The summed E-state index contributed by atoms with van der Waals surface area (Å²) in [6.07, 6.45) is 3.85. The molecule has 1 aliphatic heterocycles. The van der Waals surface area contributed by atoms with Gasteiger partial charge < -0.3 is 10.1 Å². The molecule has 0 aromatic carbocycles. The van der Waals surface area contributed by atoms with E-state index in [0.29, 0.717) is 0 Å². The van der Waals surface area contributed by atoms with Crippen LogP contribution in [0.4, 0.5) is 0 Å². The lowest BCUT2D eigenvalue weighted by molar-refractivity contribution is -0.124.